The number of hydrogen-bond donors (Lipinski definition) is 2. The topological polar surface area (TPSA) is 85.0 Å². The van der Waals surface area contributed by atoms with Crippen LogP contribution in [0.4, 0.5) is 0 Å². The highest BCUT2D eigenvalue weighted by Crippen LogP contribution is 2.30. The first-order valence-corrected chi connectivity index (χ1v) is 12.5. The maximum atomic E-state index is 13.0. The van der Waals surface area contributed by atoms with Gasteiger partial charge in [0.15, 0.2) is 0 Å². The molecule has 8 nitrogen and oxygen atoms in total. The number of carbonyl (C=O) groups is 3. The largest absolute Gasteiger partial charge is 0.322 e. The molecular formula is C25H35N5O3. The van der Waals surface area contributed by atoms with Gasteiger partial charge < -0.3 is 15.1 Å². The molecule has 4 heterocycles. The Hall–Kier alpha value is -2.29. The third kappa shape index (κ3) is 4.98. The fourth-order valence-electron chi connectivity index (χ4n) is 5.75. The smallest absolute Gasteiger partial charge is 0.255 e. The summed E-state index contributed by atoms with van der Waals surface area (Å²) in [5, 5.41) is 5.90. The van der Waals surface area contributed by atoms with Crippen molar-refractivity contribution >= 4 is 17.7 Å². The zero-order valence-corrected chi connectivity index (χ0v) is 19.4. The molecule has 0 spiro atoms. The van der Waals surface area contributed by atoms with Gasteiger partial charge in [0, 0.05) is 51.3 Å². The van der Waals surface area contributed by atoms with Crippen LogP contribution in [0.5, 0.6) is 0 Å². The number of piperidine rings is 2. The molecule has 0 bridgehead atoms. The monoisotopic (exact) mass is 453 g/mol. The molecule has 3 fully saturated rings. The van der Waals surface area contributed by atoms with E-state index in [1.165, 1.54) is 44.5 Å². The van der Waals surface area contributed by atoms with E-state index < -0.39 is 6.04 Å². The van der Waals surface area contributed by atoms with Gasteiger partial charge in [-0.25, -0.2) is 0 Å². The molecule has 4 aliphatic heterocycles. The minimum Gasteiger partial charge on any atom is -0.322 e. The summed E-state index contributed by atoms with van der Waals surface area (Å²) in [6.45, 7) is 9.09. The molecule has 2 unspecified atom stereocenters. The van der Waals surface area contributed by atoms with Crippen LogP contribution in [-0.2, 0) is 22.7 Å². The molecule has 0 aliphatic carbocycles. The number of benzene rings is 1. The Labute approximate surface area is 195 Å². The van der Waals surface area contributed by atoms with Gasteiger partial charge in [0.1, 0.15) is 6.04 Å². The summed E-state index contributed by atoms with van der Waals surface area (Å²) in [6.07, 6.45) is 4.64. The average Bonchev–Trinajstić information content (AvgIpc) is 3.16. The lowest BCUT2D eigenvalue weighted by atomic mass is 9.96. The van der Waals surface area contributed by atoms with Crippen molar-refractivity contribution in [3.05, 3.63) is 34.9 Å². The van der Waals surface area contributed by atoms with E-state index >= 15 is 0 Å². The Bertz CT molecular complexity index is 905. The van der Waals surface area contributed by atoms with Crippen molar-refractivity contribution in [1.29, 1.82) is 0 Å². The van der Waals surface area contributed by atoms with E-state index in [9.17, 15) is 14.4 Å². The first-order valence-electron chi connectivity index (χ1n) is 12.5. The number of amides is 3. The van der Waals surface area contributed by atoms with Gasteiger partial charge in [0.2, 0.25) is 11.8 Å². The van der Waals surface area contributed by atoms with Crippen LogP contribution in [0.25, 0.3) is 0 Å². The third-order valence-electron chi connectivity index (χ3n) is 7.79. The molecule has 1 aromatic carbocycles. The summed E-state index contributed by atoms with van der Waals surface area (Å²) in [7, 11) is 0. The third-order valence-corrected chi connectivity index (χ3v) is 7.79. The van der Waals surface area contributed by atoms with Crippen molar-refractivity contribution in [2.24, 2.45) is 5.92 Å². The number of piperazine rings is 1. The van der Waals surface area contributed by atoms with Gasteiger partial charge in [0.25, 0.3) is 5.91 Å². The maximum Gasteiger partial charge on any atom is 0.255 e. The Morgan fingerprint density at radius 2 is 1.82 bits per heavy atom. The van der Waals surface area contributed by atoms with Gasteiger partial charge in [0.05, 0.1) is 0 Å². The van der Waals surface area contributed by atoms with Crippen LogP contribution in [0, 0.1) is 5.92 Å². The SMILES string of the molecule is O=C1CCC(N2Cc3c(CN4CCN(CCC5CCCNC5)CC4)cccc3C2=O)C(=O)N1. The highest BCUT2D eigenvalue weighted by atomic mass is 16.2. The molecule has 0 aromatic heterocycles. The fourth-order valence-corrected chi connectivity index (χ4v) is 5.75. The van der Waals surface area contributed by atoms with E-state index in [1.807, 2.05) is 12.1 Å². The van der Waals surface area contributed by atoms with Crippen LogP contribution in [0.3, 0.4) is 0 Å². The molecule has 0 radical (unpaired) electrons. The predicted molar refractivity (Wildman–Crippen MR) is 124 cm³/mol. The second-order valence-electron chi connectivity index (χ2n) is 9.96. The van der Waals surface area contributed by atoms with Crippen LogP contribution in [0.15, 0.2) is 18.2 Å². The number of rotatable bonds is 6. The second kappa shape index (κ2) is 9.91. The predicted octanol–water partition coefficient (Wildman–Crippen LogP) is 0.955. The van der Waals surface area contributed by atoms with E-state index in [4.69, 9.17) is 0 Å². The first-order chi connectivity index (χ1) is 16.1. The Balaban J connectivity index is 1.16. The van der Waals surface area contributed by atoms with Gasteiger partial charge in [-0.3, -0.25) is 24.6 Å². The number of imide groups is 1. The molecular weight excluding hydrogens is 418 g/mol. The van der Waals surface area contributed by atoms with E-state index in [-0.39, 0.29) is 24.1 Å². The fraction of sp³-hybridized carbons (Fsp3) is 0.640. The molecule has 2 N–H and O–H groups in total. The van der Waals surface area contributed by atoms with E-state index in [0.29, 0.717) is 18.5 Å². The van der Waals surface area contributed by atoms with Crippen molar-refractivity contribution in [1.82, 2.24) is 25.3 Å². The summed E-state index contributed by atoms with van der Waals surface area (Å²) in [5.41, 5.74) is 2.92. The van der Waals surface area contributed by atoms with Crippen LogP contribution in [-0.4, -0.2) is 84.3 Å². The minimum absolute atomic E-state index is 0.0941. The average molecular weight is 454 g/mol. The number of hydrogen-bond acceptors (Lipinski definition) is 6. The number of nitrogens with zero attached hydrogens (tertiary/aromatic N) is 3. The van der Waals surface area contributed by atoms with Crippen molar-refractivity contribution in [2.45, 2.75) is 51.2 Å². The van der Waals surface area contributed by atoms with Crippen molar-refractivity contribution in [2.75, 3.05) is 45.8 Å². The van der Waals surface area contributed by atoms with Gasteiger partial charge in [-0.05, 0) is 68.4 Å². The van der Waals surface area contributed by atoms with E-state index in [1.54, 1.807) is 4.90 Å². The zero-order chi connectivity index (χ0) is 22.8. The van der Waals surface area contributed by atoms with Gasteiger partial charge in [-0.15, -0.1) is 0 Å². The standard InChI is InChI=1S/C25H35N5O3/c31-23-7-6-22(24(32)27-23)30-17-21-19(4-1-5-20(21)25(30)33)16-29-13-11-28(12-14-29)10-8-18-3-2-9-26-15-18/h1,4-5,18,22,26H,2-3,6-17H2,(H,27,31,32). The molecule has 4 aliphatic rings. The summed E-state index contributed by atoms with van der Waals surface area (Å²) in [6, 6.07) is 5.38. The summed E-state index contributed by atoms with van der Waals surface area (Å²) in [4.78, 5) is 43.6. The molecule has 0 saturated carbocycles. The molecule has 1 aromatic rings. The molecule has 178 valence electrons. The van der Waals surface area contributed by atoms with Gasteiger partial charge >= 0.3 is 0 Å². The molecule has 3 amide bonds. The van der Waals surface area contributed by atoms with Gasteiger partial charge in [-0.1, -0.05) is 12.1 Å². The first kappa shape index (κ1) is 22.5. The lowest BCUT2D eigenvalue weighted by Gasteiger charge is -2.36. The minimum atomic E-state index is -0.557. The lowest BCUT2D eigenvalue weighted by Crippen LogP contribution is -2.52. The van der Waals surface area contributed by atoms with Crippen LogP contribution < -0.4 is 10.6 Å². The zero-order valence-electron chi connectivity index (χ0n) is 19.4. The number of carbonyl (C=O) groups excluding carboxylic acids is 3. The Kier molecular flexibility index (Phi) is 6.76. The lowest BCUT2D eigenvalue weighted by molar-refractivity contribution is -0.136. The van der Waals surface area contributed by atoms with Crippen molar-refractivity contribution < 1.29 is 14.4 Å². The molecule has 8 heteroatoms. The highest BCUT2D eigenvalue weighted by molar-refractivity contribution is 6.05. The molecule has 3 saturated heterocycles. The van der Waals surface area contributed by atoms with Crippen molar-refractivity contribution in [3.63, 3.8) is 0 Å². The maximum absolute atomic E-state index is 13.0. The quantitative estimate of drug-likeness (QED) is 0.624. The normalized spacial score (nSPS) is 27.0. The molecule has 5 rings (SSSR count). The highest BCUT2D eigenvalue weighted by Gasteiger charge is 2.39. The van der Waals surface area contributed by atoms with Crippen LogP contribution in [0.1, 0.15) is 53.6 Å². The van der Waals surface area contributed by atoms with Crippen molar-refractivity contribution in [3.8, 4) is 0 Å². The summed E-state index contributed by atoms with van der Waals surface area (Å²) >= 11 is 0. The van der Waals surface area contributed by atoms with E-state index in [2.05, 4.69) is 26.5 Å². The summed E-state index contributed by atoms with van der Waals surface area (Å²) < 4.78 is 0. The van der Waals surface area contributed by atoms with E-state index in [0.717, 1.165) is 44.2 Å². The summed E-state index contributed by atoms with van der Waals surface area (Å²) in [5.74, 6) is 0.127. The second-order valence-corrected chi connectivity index (χ2v) is 9.96. The Morgan fingerprint density at radius 1 is 1.00 bits per heavy atom. The van der Waals surface area contributed by atoms with Gasteiger partial charge in [-0.2, -0.15) is 0 Å². The number of nitrogens with one attached hydrogen (secondary N) is 2. The van der Waals surface area contributed by atoms with Crippen LogP contribution >= 0.6 is 0 Å². The number of fused-ring (bicyclic) bond motifs is 1. The molecule has 2 atom stereocenters. The van der Waals surface area contributed by atoms with Crippen LogP contribution in [0.2, 0.25) is 0 Å². The Morgan fingerprint density at radius 3 is 2.58 bits per heavy atom. The molecule has 33 heavy (non-hydrogen) atoms.